The van der Waals surface area contributed by atoms with Gasteiger partial charge in [0.1, 0.15) is 17.4 Å². The number of amides is 3. The van der Waals surface area contributed by atoms with Crippen molar-refractivity contribution in [2.75, 3.05) is 32.6 Å². The molecule has 1 spiro atoms. The SMILES string of the molecule is COc1cccc(NC(=O)C2[C@H]3C=CC4(O3)C(C(=O)NC3CCCCC3C)N(CCCN(C)Cc3ccccc3)C(=O)[C@@H]24)c1. The highest BCUT2D eigenvalue weighted by Gasteiger charge is 2.72. The molecule has 1 aliphatic carbocycles. The fourth-order valence-electron chi connectivity index (χ4n) is 7.71. The smallest absolute Gasteiger partial charge is 0.246 e. The molecule has 4 aliphatic rings. The van der Waals surface area contributed by atoms with E-state index in [2.05, 4.69) is 41.6 Å². The number of methoxy groups -OCH3 is 1. The Morgan fingerprint density at radius 2 is 1.89 bits per heavy atom. The highest BCUT2D eigenvalue weighted by Crippen LogP contribution is 2.55. The fourth-order valence-corrected chi connectivity index (χ4v) is 7.71. The van der Waals surface area contributed by atoms with Crippen LogP contribution in [0.15, 0.2) is 66.7 Å². The minimum absolute atomic E-state index is 0.0652. The third-order valence-electron chi connectivity index (χ3n) is 9.94. The Labute approximate surface area is 260 Å². The van der Waals surface area contributed by atoms with E-state index in [-0.39, 0.29) is 23.8 Å². The van der Waals surface area contributed by atoms with Crippen molar-refractivity contribution >= 4 is 23.4 Å². The summed E-state index contributed by atoms with van der Waals surface area (Å²) >= 11 is 0. The van der Waals surface area contributed by atoms with E-state index in [0.717, 1.165) is 32.4 Å². The van der Waals surface area contributed by atoms with Crippen LogP contribution in [0.2, 0.25) is 0 Å². The van der Waals surface area contributed by atoms with Crippen LogP contribution in [0.4, 0.5) is 5.69 Å². The Morgan fingerprint density at radius 1 is 1.09 bits per heavy atom. The third kappa shape index (κ3) is 5.75. The zero-order valence-corrected chi connectivity index (χ0v) is 25.9. The monoisotopic (exact) mass is 600 g/mol. The number of fused-ring (bicyclic) bond motifs is 1. The molecule has 234 valence electrons. The summed E-state index contributed by atoms with van der Waals surface area (Å²) in [5.74, 6) is -1.19. The van der Waals surface area contributed by atoms with Crippen molar-refractivity contribution in [2.24, 2.45) is 17.8 Å². The number of ether oxygens (including phenoxy) is 2. The Bertz CT molecular complexity index is 1400. The molecule has 0 aromatic heterocycles. The number of likely N-dealkylation sites (tertiary alicyclic amines) is 1. The third-order valence-corrected chi connectivity index (χ3v) is 9.94. The van der Waals surface area contributed by atoms with Gasteiger partial charge < -0.3 is 29.9 Å². The summed E-state index contributed by atoms with van der Waals surface area (Å²) in [6.07, 6.45) is 8.11. The molecule has 2 N–H and O–H groups in total. The molecule has 2 aromatic rings. The molecule has 9 heteroatoms. The number of nitrogens with one attached hydrogen (secondary N) is 2. The molecule has 2 saturated heterocycles. The Balaban J connectivity index is 1.22. The normalized spacial score (nSPS) is 30.5. The summed E-state index contributed by atoms with van der Waals surface area (Å²) in [5.41, 5.74) is 0.634. The molecule has 44 heavy (non-hydrogen) atoms. The van der Waals surface area contributed by atoms with Gasteiger partial charge in [-0.05, 0) is 56.5 Å². The van der Waals surface area contributed by atoms with Gasteiger partial charge in [0.2, 0.25) is 17.7 Å². The zero-order chi connectivity index (χ0) is 30.8. The lowest BCUT2D eigenvalue weighted by molar-refractivity contribution is -0.141. The average molecular weight is 601 g/mol. The van der Waals surface area contributed by atoms with E-state index in [4.69, 9.17) is 9.47 Å². The van der Waals surface area contributed by atoms with Crippen molar-refractivity contribution in [2.45, 2.75) is 69.4 Å². The summed E-state index contributed by atoms with van der Waals surface area (Å²) < 4.78 is 11.8. The maximum absolute atomic E-state index is 14.3. The summed E-state index contributed by atoms with van der Waals surface area (Å²) in [5, 5.41) is 6.28. The van der Waals surface area contributed by atoms with Crippen LogP contribution in [-0.2, 0) is 25.7 Å². The van der Waals surface area contributed by atoms with Gasteiger partial charge in [-0.25, -0.2) is 0 Å². The summed E-state index contributed by atoms with van der Waals surface area (Å²) in [7, 11) is 3.64. The number of carbonyl (C=O) groups is 3. The highest BCUT2D eigenvalue weighted by molar-refractivity contribution is 6.02. The van der Waals surface area contributed by atoms with Gasteiger partial charge in [-0.3, -0.25) is 14.4 Å². The van der Waals surface area contributed by atoms with E-state index in [9.17, 15) is 14.4 Å². The molecule has 6 rings (SSSR count). The molecule has 5 unspecified atom stereocenters. The molecule has 3 aliphatic heterocycles. The molecule has 9 nitrogen and oxygen atoms in total. The van der Waals surface area contributed by atoms with Crippen molar-refractivity contribution < 1.29 is 23.9 Å². The molecule has 0 radical (unpaired) electrons. The van der Waals surface area contributed by atoms with Gasteiger partial charge in [0, 0.05) is 30.9 Å². The van der Waals surface area contributed by atoms with Gasteiger partial charge in [0.05, 0.1) is 25.0 Å². The topological polar surface area (TPSA) is 100 Å². The minimum atomic E-state index is -1.17. The lowest BCUT2D eigenvalue weighted by Gasteiger charge is -2.36. The molecule has 2 aromatic carbocycles. The van der Waals surface area contributed by atoms with Crippen LogP contribution in [0.5, 0.6) is 5.75 Å². The Kier molecular flexibility index (Phi) is 8.78. The fraction of sp³-hybridized carbons (Fsp3) is 0.514. The molecule has 1 saturated carbocycles. The lowest BCUT2D eigenvalue weighted by Crippen LogP contribution is -2.57. The quantitative estimate of drug-likeness (QED) is 0.379. The summed E-state index contributed by atoms with van der Waals surface area (Å²) in [6, 6.07) is 16.6. The first-order valence-electron chi connectivity index (χ1n) is 16.0. The van der Waals surface area contributed by atoms with Gasteiger partial charge in [0.25, 0.3) is 0 Å². The van der Waals surface area contributed by atoms with E-state index in [1.165, 1.54) is 12.0 Å². The number of carbonyl (C=O) groups excluding carboxylic acids is 3. The van der Waals surface area contributed by atoms with E-state index < -0.39 is 29.6 Å². The van der Waals surface area contributed by atoms with Gasteiger partial charge in [0.15, 0.2) is 0 Å². The first-order valence-corrected chi connectivity index (χ1v) is 16.0. The maximum Gasteiger partial charge on any atom is 0.246 e. The van der Waals surface area contributed by atoms with Crippen LogP contribution >= 0.6 is 0 Å². The van der Waals surface area contributed by atoms with Crippen LogP contribution < -0.4 is 15.4 Å². The van der Waals surface area contributed by atoms with Crippen molar-refractivity contribution in [1.82, 2.24) is 15.1 Å². The van der Waals surface area contributed by atoms with Gasteiger partial charge >= 0.3 is 0 Å². The number of benzene rings is 2. The van der Waals surface area contributed by atoms with Crippen LogP contribution in [0.1, 0.15) is 44.6 Å². The predicted octanol–water partition coefficient (Wildman–Crippen LogP) is 4.00. The predicted molar refractivity (Wildman–Crippen MR) is 168 cm³/mol. The number of hydrogen-bond acceptors (Lipinski definition) is 6. The molecular weight excluding hydrogens is 556 g/mol. The zero-order valence-electron chi connectivity index (χ0n) is 25.9. The standard InChI is InChI=1S/C35H44N4O5/c1-23-11-7-8-16-27(23)37-33(41)31-35-18-17-28(44-35)29(32(40)36-25-14-9-15-26(21-25)43-3)30(35)34(42)39(31)20-10-19-38(2)22-24-12-5-4-6-13-24/h4-6,9,12-15,17-18,21,23,27-31H,7-8,10-11,16,19-20,22H2,1-3H3,(H,36,40)(H,37,41)/t23?,27?,28-,29?,30-,31?,35?/m1/s1. The van der Waals surface area contributed by atoms with E-state index in [0.29, 0.717) is 30.3 Å². The maximum atomic E-state index is 14.3. The van der Waals surface area contributed by atoms with E-state index in [1.54, 1.807) is 36.3 Å². The van der Waals surface area contributed by atoms with E-state index in [1.807, 2.05) is 30.4 Å². The van der Waals surface area contributed by atoms with Crippen LogP contribution in [0, 0.1) is 17.8 Å². The molecule has 3 amide bonds. The Morgan fingerprint density at radius 3 is 2.66 bits per heavy atom. The van der Waals surface area contributed by atoms with Gasteiger partial charge in [-0.1, -0.05) is 68.3 Å². The lowest BCUT2D eigenvalue weighted by atomic mass is 9.74. The molecule has 2 bridgehead atoms. The number of hydrogen-bond donors (Lipinski definition) is 2. The van der Waals surface area contributed by atoms with Crippen molar-refractivity contribution in [3.05, 3.63) is 72.3 Å². The second kappa shape index (κ2) is 12.7. The van der Waals surface area contributed by atoms with Gasteiger partial charge in [-0.15, -0.1) is 0 Å². The number of nitrogens with zero attached hydrogens (tertiary/aromatic N) is 2. The van der Waals surface area contributed by atoms with Crippen LogP contribution in [-0.4, -0.2) is 78.6 Å². The second-order valence-electron chi connectivity index (χ2n) is 12.9. The second-order valence-corrected chi connectivity index (χ2v) is 12.9. The largest absolute Gasteiger partial charge is 0.497 e. The molecule has 3 fully saturated rings. The highest BCUT2D eigenvalue weighted by atomic mass is 16.5. The van der Waals surface area contributed by atoms with Crippen molar-refractivity contribution in [3.8, 4) is 5.75 Å². The summed E-state index contributed by atoms with van der Waals surface area (Å²) in [4.78, 5) is 46.2. The van der Waals surface area contributed by atoms with Crippen molar-refractivity contribution in [3.63, 3.8) is 0 Å². The Hall–Kier alpha value is -3.69. The number of anilines is 1. The first kappa shape index (κ1) is 30.3. The van der Waals surface area contributed by atoms with Crippen LogP contribution in [0.25, 0.3) is 0 Å². The molecule has 3 heterocycles. The summed E-state index contributed by atoms with van der Waals surface area (Å²) in [6.45, 7) is 4.14. The first-order chi connectivity index (χ1) is 21.3. The van der Waals surface area contributed by atoms with Crippen LogP contribution in [0.3, 0.4) is 0 Å². The molecule has 7 atom stereocenters. The van der Waals surface area contributed by atoms with Crippen molar-refractivity contribution in [1.29, 1.82) is 0 Å². The van der Waals surface area contributed by atoms with Gasteiger partial charge in [-0.2, -0.15) is 0 Å². The average Bonchev–Trinajstić information content (AvgIpc) is 3.66. The number of rotatable bonds is 11. The minimum Gasteiger partial charge on any atom is -0.497 e. The van der Waals surface area contributed by atoms with E-state index >= 15 is 0 Å². The molecular formula is C35H44N4O5.